The molecule has 0 unspecified atom stereocenters. The number of fused-ring (bicyclic) bond motifs is 1. The highest BCUT2D eigenvalue weighted by molar-refractivity contribution is 5.80. The molecule has 2 aromatic carbocycles. The molecular formula is C24H21N3O3. The van der Waals surface area contributed by atoms with Gasteiger partial charge < -0.3 is 9.84 Å². The van der Waals surface area contributed by atoms with Crippen molar-refractivity contribution >= 4 is 23.1 Å². The van der Waals surface area contributed by atoms with E-state index in [1.54, 1.807) is 35.0 Å². The SMILES string of the molecule is COc1ccnc(/C=C/c2nc3ccccc3c(=O)n2-c2c(C)cccc2C)c1O. The molecule has 0 amide bonds. The first-order chi connectivity index (χ1) is 14.5. The number of hydrogen-bond donors (Lipinski definition) is 1. The van der Waals surface area contributed by atoms with Crippen molar-refractivity contribution < 1.29 is 9.84 Å². The Balaban J connectivity index is 1.99. The van der Waals surface area contributed by atoms with Gasteiger partial charge in [0.15, 0.2) is 11.5 Å². The maximum atomic E-state index is 13.4. The number of aryl methyl sites for hydroxylation is 2. The molecule has 0 saturated heterocycles. The van der Waals surface area contributed by atoms with Gasteiger partial charge in [0.1, 0.15) is 11.5 Å². The average molecular weight is 399 g/mol. The number of ether oxygens (including phenoxy) is 1. The third-order valence-electron chi connectivity index (χ3n) is 4.99. The van der Waals surface area contributed by atoms with E-state index < -0.39 is 0 Å². The molecule has 0 atom stereocenters. The van der Waals surface area contributed by atoms with Gasteiger partial charge in [-0.2, -0.15) is 0 Å². The summed E-state index contributed by atoms with van der Waals surface area (Å²) < 4.78 is 6.76. The van der Waals surface area contributed by atoms with Crippen LogP contribution in [0.2, 0.25) is 0 Å². The molecule has 0 fully saturated rings. The van der Waals surface area contributed by atoms with Crippen LogP contribution in [-0.2, 0) is 0 Å². The number of aromatic hydroxyl groups is 1. The van der Waals surface area contributed by atoms with E-state index in [1.165, 1.54) is 7.11 Å². The summed E-state index contributed by atoms with van der Waals surface area (Å²) >= 11 is 0. The maximum Gasteiger partial charge on any atom is 0.266 e. The Bertz CT molecular complexity index is 1320. The average Bonchev–Trinajstić information content (AvgIpc) is 2.74. The van der Waals surface area contributed by atoms with Gasteiger partial charge in [-0.25, -0.2) is 4.98 Å². The summed E-state index contributed by atoms with van der Waals surface area (Å²) in [5.41, 5.74) is 3.50. The lowest BCUT2D eigenvalue weighted by atomic mass is 10.1. The van der Waals surface area contributed by atoms with E-state index >= 15 is 0 Å². The summed E-state index contributed by atoms with van der Waals surface area (Å²) in [7, 11) is 1.48. The number of benzene rings is 2. The zero-order valence-corrected chi connectivity index (χ0v) is 17.0. The summed E-state index contributed by atoms with van der Waals surface area (Å²) in [4.78, 5) is 22.3. The standard InChI is InChI=1S/C24H21N3O3/c1-15-7-6-8-16(2)22(15)27-21(26-18-10-5-4-9-17(18)24(27)29)12-11-19-23(28)20(30-3)13-14-25-19/h4-14,28H,1-3H3/b12-11+. The molecule has 2 heterocycles. The Kier molecular flexibility index (Phi) is 5.06. The van der Waals surface area contributed by atoms with Crippen molar-refractivity contribution in [2.75, 3.05) is 7.11 Å². The van der Waals surface area contributed by atoms with Crippen LogP contribution in [0.15, 0.2) is 59.5 Å². The molecule has 6 nitrogen and oxygen atoms in total. The minimum atomic E-state index is -0.152. The fourth-order valence-corrected chi connectivity index (χ4v) is 3.53. The Morgan fingerprint density at radius 3 is 2.47 bits per heavy atom. The first-order valence-electron chi connectivity index (χ1n) is 9.49. The summed E-state index contributed by atoms with van der Waals surface area (Å²) in [6.07, 6.45) is 4.85. The second kappa shape index (κ2) is 7.83. The first kappa shape index (κ1) is 19.4. The molecule has 6 heteroatoms. The van der Waals surface area contributed by atoms with E-state index in [0.29, 0.717) is 28.2 Å². The Morgan fingerprint density at radius 2 is 1.73 bits per heavy atom. The van der Waals surface area contributed by atoms with Crippen molar-refractivity contribution in [3.63, 3.8) is 0 Å². The minimum absolute atomic E-state index is 0.0713. The molecule has 0 radical (unpaired) electrons. The van der Waals surface area contributed by atoms with Gasteiger partial charge in [0.2, 0.25) is 0 Å². The Labute approximate surface area is 173 Å². The number of aromatic nitrogens is 3. The summed E-state index contributed by atoms with van der Waals surface area (Å²) in [5, 5.41) is 10.9. The van der Waals surface area contributed by atoms with Crippen LogP contribution < -0.4 is 10.3 Å². The van der Waals surface area contributed by atoms with Crippen molar-refractivity contribution in [2.45, 2.75) is 13.8 Å². The molecule has 30 heavy (non-hydrogen) atoms. The van der Waals surface area contributed by atoms with Gasteiger partial charge in [-0.1, -0.05) is 30.3 Å². The van der Waals surface area contributed by atoms with Crippen LogP contribution in [-0.4, -0.2) is 26.8 Å². The number of pyridine rings is 1. The van der Waals surface area contributed by atoms with Gasteiger partial charge in [0.25, 0.3) is 5.56 Å². The highest BCUT2D eigenvalue weighted by Gasteiger charge is 2.15. The highest BCUT2D eigenvalue weighted by atomic mass is 16.5. The zero-order chi connectivity index (χ0) is 21.3. The van der Waals surface area contributed by atoms with Crippen molar-refractivity contribution in [1.29, 1.82) is 0 Å². The van der Waals surface area contributed by atoms with Crippen molar-refractivity contribution in [3.05, 3.63) is 87.7 Å². The number of para-hydroxylation sites is 2. The molecule has 4 rings (SSSR count). The third-order valence-corrected chi connectivity index (χ3v) is 4.99. The molecule has 150 valence electrons. The summed E-state index contributed by atoms with van der Waals surface area (Å²) in [6, 6.07) is 14.7. The lowest BCUT2D eigenvalue weighted by Gasteiger charge is -2.16. The number of methoxy groups -OCH3 is 1. The minimum Gasteiger partial charge on any atom is -0.503 e. The highest BCUT2D eigenvalue weighted by Crippen LogP contribution is 2.29. The first-order valence-corrected chi connectivity index (χ1v) is 9.49. The van der Waals surface area contributed by atoms with Crippen LogP contribution >= 0.6 is 0 Å². The van der Waals surface area contributed by atoms with Crippen LogP contribution in [0.25, 0.3) is 28.7 Å². The van der Waals surface area contributed by atoms with E-state index in [0.717, 1.165) is 16.8 Å². The van der Waals surface area contributed by atoms with Crippen LogP contribution in [0.4, 0.5) is 0 Å². The van der Waals surface area contributed by atoms with Crippen molar-refractivity contribution in [2.24, 2.45) is 0 Å². The molecule has 0 bridgehead atoms. The fraction of sp³-hybridized carbons (Fsp3) is 0.125. The maximum absolute atomic E-state index is 13.4. The van der Waals surface area contributed by atoms with Gasteiger partial charge >= 0.3 is 0 Å². The molecule has 0 saturated carbocycles. The normalized spacial score (nSPS) is 11.3. The van der Waals surface area contributed by atoms with Gasteiger partial charge in [0, 0.05) is 12.3 Å². The Hall–Kier alpha value is -3.93. The smallest absolute Gasteiger partial charge is 0.266 e. The van der Waals surface area contributed by atoms with Gasteiger partial charge in [0.05, 0.1) is 23.7 Å². The van der Waals surface area contributed by atoms with Crippen LogP contribution in [0.5, 0.6) is 11.5 Å². The zero-order valence-electron chi connectivity index (χ0n) is 17.0. The van der Waals surface area contributed by atoms with E-state index in [9.17, 15) is 9.90 Å². The summed E-state index contributed by atoms with van der Waals surface area (Å²) in [6.45, 7) is 3.93. The van der Waals surface area contributed by atoms with Crippen molar-refractivity contribution in [3.8, 4) is 17.2 Å². The predicted octanol–water partition coefficient (Wildman–Crippen LogP) is 4.28. The van der Waals surface area contributed by atoms with Crippen LogP contribution in [0, 0.1) is 13.8 Å². The molecule has 0 aliphatic heterocycles. The van der Waals surface area contributed by atoms with E-state index in [4.69, 9.17) is 9.72 Å². The van der Waals surface area contributed by atoms with Gasteiger partial charge in [-0.05, 0) is 49.3 Å². The van der Waals surface area contributed by atoms with Crippen LogP contribution in [0.3, 0.4) is 0 Å². The lowest BCUT2D eigenvalue weighted by Crippen LogP contribution is -2.23. The van der Waals surface area contributed by atoms with E-state index in [-0.39, 0.29) is 11.3 Å². The third kappa shape index (κ3) is 3.33. The van der Waals surface area contributed by atoms with Gasteiger partial charge in [-0.3, -0.25) is 14.3 Å². The lowest BCUT2D eigenvalue weighted by molar-refractivity contribution is 0.371. The topological polar surface area (TPSA) is 77.2 Å². The Morgan fingerprint density at radius 1 is 1.00 bits per heavy atom. The predicted molar refractivity (Wildman–Crippen MR) is 118 cm³/mol. The van der Waals surface area contributed by atoms with Crippen molar-refractivity contribution in [1.82, 2.24) is 14.5 Å². The largest absolute Gasteiger partial charge is 0.503 e. The van der Waals surface area contributed by atoms with E-state index in [2.05, 4.69) is 4.98 Å². The van der Waals surface area contributed by atoms with Gasteiger partial charge in [-0.15, -0.1) is 0 Å². The quantitative estimate of drug-likeness (QED) is 0.554. The molecule has 1 N–H and O–H groups in total. The molecule has 0 spiro atoms. The number of nitrogens with zero attached hydrogens (tertiary/aromatic N) is 3. The molecular weight excluding hydrogens is 378 g/mol. The summed E-state index contributed by atoms with van der Waals surface area (Å²) in [5.74, 6) is 0.696. The van der Waals surface area contributed by atoms with Crippen LogP contribution in [0.1, 0.15) is 22.6 Å². The fourth-order valence-electron chi connectivity index (χ4n) is 3.53. The molecule has 0 aliphatic carbocycles. The second-order valence-electron chi connectivity index (χ2n) is 6.95. The molecule has 2 aromatic heterocycles. The number of rotatable bonds is 4. The molecule has 4 aromatic rings. The molecule has 0 aliphatic rings. The second-order valence-corrected chi connectivity index (χ2v) is 6.95. The van der Waals surface area contributed by atoms with E-state index in [1.807, 2.05) is 50.2 Å². The number of hydrogen-bond acceptors (Lipinski definition) is 5. The monoisotopic (exact) mass is 399 g/mol.